The molecule has 0 aromatic heterocycles. The Morgan fingerprint density at radius 2 is 1.92 bits per heavy atom. The number of ether oxygens (including phenoxy) is 2. The number of methoxy groups -OCH3 is 2. The molecule has 128 valence electrons. The molecule has 0 aliphatic carbocycles. The second-order valence-corrected chi connectivity index (χ2v) is 5.84. The maximum absolute atomic E-state index is 12.3. The summed E-state index contributed by atoms with van der Waals surface area (Å²) in [6.45, 7) is 2.31. The van der Waals surface area contributed by atoms with Crippen LogP contribution in [0, 0.1) is 6.92 Å². The van der Waals surface area contributed by atoms with Crippen molar-refractivity contribution in [3.05, 3.63) is 52.5 Å². The molecule has 0 saturated heterocycles. The number of carbonyl (C=O) groups is 1. The van der Waals surface area contributed by atoms with E-state index in [1.807, 2.05) is 31.2 Å². The molecular formula is C18H21ClN2O3. The van der Waals surface area contributed by atoms with Gasteiger partial charge in [-0.1, -0.05) is 17.7 Å². The molecule has 0 aliphatic rings. The lowest BCUT2D eigenvalue weighted by Crippen LogP contribution is -2.31. The van der Waals surface area contributed by atoms with Crippen LogP contribution in [-0.2, 0) is 6.54 Å². The minimum Gasteiger partial charge on any atom is -0.497 e. The molecule has 0 aliphatic heterocycles. The van der Waals surface area contributed by atoms with Crippen molar-refractivity contribution in [1.29, 1.82) is 0 Å². The summed E-state index contributed by atoms with van der Waals surface area (Å²) < 4.78 is 10.5. The molecule has 2 rings (SSSR count). The van der Waals surface area contributed by atoms with Gasteiger partial charge >= 0.3 is 6.03 Å². The van der Waals surface area contributed by atoms with Crippen molar-refractivity contribution < 1.29 is 14.3 Å². The summed E-state index contributed by atoms with van der Waals surface area (Å²) in [5.74, 6) is 1.38. The van der Waals surface area contributed by atoms with Crippen LogP contribution in [0.5, 0.6) is 11.5 Å². The average Bonchev–Trinajstić information content (AvgIpc) is 2.58. The van der Waals surface area contributed by atoms with Gasteiger partial charge in [0.05, 0.1) is 20.8 Å². The van der Waals surface area contributed by atoms with Gasteiger partial charge in [0, 0.05) is 29.4 Å². The standard InChI is InChI=1S/C18H21ClN2O3/c1-12-5-7-14(9-16(12)19)20-18(22)21(2)11-13-6-8-15(23-3)10-17(13)24-4/h5-10H,11H2,1-4H3,(H,20,22). The lowest BCUT2D eigenvalue weighted by atomic mass is 10.2. The zero-order chi connectivity index (χ0) is 17.7. The van der Waals surface area contributed by atoms with E-state index >= 15 is 0 Å². The summed E-state index contributed by atoms with van der Waals surface area (Å²) in [5.41, 5.74) is 2.51. The van der Waals surface area contributed by atoms with Crippen molar-refractivity contribution in [2.24, 2.45) is 0 Å². The Balaban J connectivity index is 2.07. The predicted octanol–water partition coefficient (Wildman–Crippen LogP) is 4.33. The minimum atomic E-state index is -0.229. The molecule has 1 N–H and O–H groups in total. The van der Waals surface area contributed by atoms with Crippen LogP contribution in [0.1, 0.15) is 11.1 Å². The molecule has 0 bridgehead atoms. The van der Waals surface area contributed by atoms with Crippen LogP contribution in [0.25, 0.3) is 0 Å². The number of rotatable bonds is 5. The van der Waals surface area contributed by atoms with E-state index in [0.717, 1.165) is 11.1 Å². The smallest absolute Gasteiger partial charge is 0.321 e. The predicted molar refractivity (Wildman–Crippen MR) is 96.2 cm³/mol. The van der Waals surface area contributed by atoms with Gasteiger partial charge in [-0.3, -0.25) is 0 Å². The van der Waals surface area contributed by atoms with Gasteiger partial charge in [0.1, 0.15) is 11.5 Å². The minimum absolute atomic E-state index is 0.229. The Morgan fingerprint density at radius 1 is 1.17 bits per heavy atom. The molecular weight excluding hydrogens is 328 g/mol. The first-order valence-corrected chi connectivity index (χ1v) is 7.81. The van der Waals surface area contributed by atoms with Crippen molar-refractivity contribution in [3.63, 3.8) is 0 Å². The number of nitrogens with zero attached hydrogens (tertiary/aromatic N) is 1. The molecule has 2 aromatic carbocycles. The maximum Gasteiger partial charge on any atom is 0.321 e. The van der Waals surface area contributed by atoms with Crippen LogP contribution in [0.3, 0.4) is 0 Å². The number of amides is 2. The highest BCUT2D eigenvalue weighted by Crippen LogP contribution is 2.26. The number of hydrogen-bond acceptors (Lipinski definition) is 3. The summed E-state index contributed by atoms with van der Waals surface area (Å²) >= 11 is 6.08. The molecule has 0 fully saturated rings. The molecule has 0 atom stereocenters. The topological polar surface area (TPSA) is 50.8 Å². The monoisotopic (exact) mass is 348 g/mol. The molecule has 0 unspecified atom stereocenters. The van der Waals surface area contributed by atoms with Gasteiger partial charge in [-0.25, -0.2) is 4.79 Å². The van der Waals surface area contributed by atoms with E-state index in [-0.39, 0.29) is 6.03 Å². The number of anilines is 1. The number of benzene rings is 2. The highest BCUT2D eigenvalue weighted by Gasteiger charge is 2.13. The third-order valence-electron chi connectivity index (χ3n) is 3.67. The molecule has 0 spiro atoms. The Morgan fingerprint density at radius 3 is 2.54 bits per heavy atom. The fraction of sp³-hybridized carbons (Fsp3) is 0.278. The molecule has 5 nitrogen and oxygen atoms in total. The van der Waals surface area contributed by atoms with E-state index in [1.165, 1.54) is 0 Å². The summed E-state index contributed by atoms with van der Waals surface area (Å²) in [4.78, 5) is 13.9. The molecule has 6 heteroatoms. The Kier molecular flexibility index (Phi) is 5.93. The Hall–Kier alpha value is -2.40. The van der Waals surface area contributed by atoms with Crippen LogP contribution in [0.15, 0.2) is 36.4 Å². The summed E-state index contributed by atoms with van der Waals surface area (Å²) in [5, 5.41) is 3.44. The Bertz CT molecular complexity index is 734. The number of nitrogens with one attached hydrogen (secondary N) is 1. The first-order valence-electron chi connectivity index (χ1n) is 7.43. The Labute approximate surface area is 147 Å². The number of halogens is 1. The third kappa shape index (κ3) is 4.32. The van der Waals surface area contributed by atoms with Gasteiger partial charge < -0.3 is 19.7 Å². The van der Waals surface area contributed by atoms with E-state index in [0.29, 0.717) is 28.8 Å². The summed E-state index contributed by atoms with van der Waals surface area (Å²) in [7, 11) is 4.90. The average molecular weight is 349 g/mol. The van der Waals surface area contributed by atoms with E-state index in [9.17, 15) is 4.79 Å². The molecule has 0 radical (unpaired) electrons. The van der Waals surface area contributed by atoms with Gasteiger partial charge in [-0.2, -0.15) is 0 Å². The third-order valence-corrected chi connectivity index (χ3v) is 4.08. The lowest BCUT2D eigenvalue weighted by molar-refractivity contribution is 0.220. The van der Waals surface area contributed by atoms with E-state index in [2.05, 4.69) is 5.32 Å². The molecule has 24 heavy (non-hydrogen) atoms. The van der Waals surface area contributed by atoms with Gasteiger partial charge in [-0.15, -0.1) is 0 Å². The lowest BCUT2D eigenvalue weighted by Gasteiger charge is -2.20. The second-order valence-electron chi connectivity index (χ2n) is 5.43. The molecule has 0 saturated carbocycles. The van der Waals surface area contributed by atoms with Gasteiger partial charge in [0.15, 0.2) is 0 Å². The largest absolute Gasteiger partial charge is 0.497 e. The van der Waals surface area contributed by atoms with E-state index in [4.69, 9.17) is 21.1 Å². The fourth-order valence-electron chi connectivity index (χ4n) is 2.20. The second kappa shape index (κ2) is 7.93. The van der Waals surface area contributed by atoms with E-state index in [1.54, 1.807) is 38.3 Å². The van der Waals surface area contributed by atoms with Gasteiger partial charge in [0.2, 0.25) is 0 Å². The van der Waals surface area contributed by atoms with Gasteiger partial charge in [0.25, 0.3) is 0 Å². The summed E-state index contributed by atoms with van der Waals surface area (Å²) in [6, 6.07) is 10.7. The van der Waals surface area contributed by atoms with Crippen LogP contribution in [0.4, 0.5) is 10.5 Å². The van der Waals surface area contributed by atoms with Crippen molar-refractivity contribution in [2.45, 2.75) is 13.5 Å². The van der Waals surface area contributed by atoms with Crippen molar-refractivity contribution >= 4 is 23.3 Å². The molecule has 0 heterocycles. The number of hydrogen-bond donors (Lipinski definition) is 1. The first-order chi connectivity index (χ1) is 11.4. The highest BCUT2D eigenvalue weighted by atomic mass is 35.5. The number of urea groups is 1. The fourth-order valence-corrected chi connectivity index (χ4v) is 2.38. The maximum atomic E-state index is 12.3. The van der Waals surface area contributed by atoms with Crippen LogP contribution >= 0.6 is 11.6 Å². The molecule has 2 amide bonds. The van der Waals surface area contributed by atoms with Crippen LogP contribution in [0.2, 0.25) is 5.02 Å². The zero-order valence-corrected chi connectivity index (χ0v) is 15.0. The summed E-state index contributed by atoms with van der Waals surface area (Å²) in [6.07, 6.45) is 0. The first kappa shape index (κ1) is 17.9. The SMILES string of the molecule is COc1ccc(CN(C)C(=O)Nc2ccc(C)c(Cl)c2)c(OC)c1. The molecule has 2 aromatic rings. The normalized spacial score (nSPS) is 10.2. The quantitative estimate of drug-likeness (QED) is 0.875. The van der Waals surface area contributed by atoms with Crippen LogP contribution in [-0.4, -0.2) is 32.2 Å². The number of carbonyl (C=O) groups excluding carboxylic acids is 1. The van der Waals surface area contributed by atoms with Crippen molar-refractivity contribution in [1.82, 2.24) is 4.90 Å². The van der Waals surface area contributed by atoms with Crippen molar-refractivity contribution in [2.75, 3.05) is 26.6 Å². The van der Waals surface area contributed by atoms with Crippen molar-refractivity contribution in [3.8, 4) is 11.5 Å². The number of aryl methyl sites for hydroxylation is 1. The van der Waals surface area contributed by atoms with Crippen LogP contribution < -0.4 is 14.8 Å². The van der Waals surface area contributed by atoms with Gasteiger partial charge in [-0.05, 0) is 36.8 Å². The van der Waals surface area contributed by atoms with E-state index < -0.39 is 0 Å². The highest BCUT2D eigenvalue weighted by molar-refractivity contribution is 6.31. The zero-order valence-electron chi connectivity index (χ0n) is 14.2.